The average Bonchev–Trinajstić information content (AvgIpc) is 1.37. The Bertz CT molecular complexity index is 27.0. The molecule has 0 radical (unpaired) electrons. The first-order chi connectivity index (χ1) is 1.91. The first-order valence-corrected chi connectivity index (χ1v) is 3.64. The molecule has 0 aliphatic rings. The van der Waals surface area contributed by atoms with Crippen LogP contribution in [0.15, 0.2) is 11.4 Å². The molecule has 0 spiro atoms. The zero-order chi connectivity index (χ0) is 3.41. The molecule has 1 nitrogen and oxygen atoms in total. The van der Waals surface area contributed by atoms with Gasteiger partial charge in [0.1, 0.15) is 0 Å². The van der Waals surface area contributed by atoms with Crippen molar-refractivity contribution in [3.05, 3.63) is 11.4 Å². The summed E-state index contributed by atoms with van der Waals surface area (Å²) in [4.78, 5) is 1.70. The van der Waals surface area contributed by atoms with Crippen LogP contribution in [-0.2, 0) is 0 Å². The third-order valence-corrected chi connectivity index (χ3v) is 0.612. The van der Waals surface area contributed by atoms with Crippen molar-refractivity contribution in [1.29, 1.82) is 4.28 Å². The molecule has 0 aromatic rings. The zero-order valence-electron chi connectivity index (χ0n) is 2.36. The third-order valence-electron chi connectivity index (χ3n) is 0.118. The summed E-state index contributed by atoms with van der Waals surface area (Å²) in [5, 5.41) is 0. The molecule has 0 fully saturated rings. The summed E-state index contributed by atoms with van der Waals surface area (Å²) in [7, 11) is 0. The molecule has 0 bridgehead atoms. The van der Waals surface area contributed by atoms with Crippen molar-refractivity contribution in [2.75, 3.05) is 0 Å². The maximum absolute atomic E-state index is 6.49. The van der Waals surface area contributed by atoms with Gasteiger partial charge in [-0.2, -0.15) is 0 Å². The fourth-order valence-corrected chi connectivity index (χ4v) is 0. The molecule has 0 amide bonds. The fourth-order valence-electron chi connectivity index (χ4n) is 0. The van der Waals surface area contributed by atoms with E-state index < -0.39 is 15.6 Å². The van der Waals surface area contributed by atoms with Crippen molar-refractivity contribution in [2.45, 2.75) is 0 Å². The van der Waals surface area contributed by atoms with Crippen molar-refractivity contribution in [3.63, 3.8) is 0 Å². The summed E-state index contributed by atoms with van der Waals surface area (Å²) in [5.74, 6) is 0. The van der Waals surface area contributed by atoms with Crippen LogP contribution in [0.25, 0.3) is 0 Å². The molecule has 1 N–H and O–H groups in total. The summed E-state index contributed by atoms with van der Waals surface area (Å²) >= 11 is -0.674. The quantitative estimate of drug-likeness (QED) is 0.472. The molecular weight excluding hydrogens is 113 g/mol. The van der Waals surface area contributed by atoms with Gasteiger partial charge in [-0.05, 0) is 0 Å². The minimum atomic E-state index is -0.674. The second-order valence-electron chi connectivity index (χ2n) is 0.402. The van der Waals surface area contributed by atoms with Crippen LogP contribution in [0.2, 0.25) is 0 Å². The van der Waals surface area contributed by atoms with Gasteiger partial charge < -0.3 is 0 Å². The van der Waals surface area contributed by atoms with Gasteiger partial charge in [0.05, 0.1) is 0 Å². The summed E-state index contributed by atoms with van der Waals surface area (Å²) in [6.07, 6.45) is 0. The van der Waals surface area contributed by atoms with Crippen LogP contribution in [-0.4, -0.2) is 15.6 Å². The standard InChI is InChI=1S/C2H6AsN/c1-2-3-4/h2,4H,1,3H2. The molecule has 0 aliphatic heterocycles. The van der Waals surface area contributed by atoms with Gasteiger partial charge in [-0.15, -0.1) is 0 Å². The second kappa shape index (κ2) is 3.10. The van der Waals surface area contributed by atoms with E-state index in [0.29, 0.717) is 0 Å². The number of nitrogens with one attached hydrogen (secondary N) is 1. The first kappa shape index (κ1) is 4.10. The average molecular weight is 119 g/mol. The maximum atomic E-state index is 6.49. The van der Waals surface area contributed by atoms with E-state index >= 15 is 0 Å². The molecule has 0 heterocycles. The van der Waals surface area contributed by atoms with Gasteiger partial charge in [-0.3, -0.25) is 0 Å². The topological polar surface area (TPSA) is 23.9 Å². The van der Waals surface area contributed by atoms with Crippen LogP contribution in [0.3, 0.4) is 0 Å². The van der Waals surface area contributed by atoms with Crippen molar-refractivity contribution in [3.8, 4) is 0 Å². The third kappa shape index (κ3) is 2.10. The van der Waals surface area contributed by atoms with Crippen LogP contribution in [0.4, 0.5) is 0 Å². The van der Waals surface area contributed by atoms with Gasteiger partial charge in [0, 0.05) is 0 Å². The van der Waals surface area contributed by atoms with Crippen LogP contribution in [0, 0.1) is 4.28 Å². The second-order valence-corrected chi connectivity index (χ2v) is 2.09. The molecule has 24 valence electrons. The van der Waals surface area contributed by atoms with Crippen LogP contribution < -0.4 is 0 Å². The van der Waals surface area contributed by atoms with E-state index in [1.165, 1.54) is 0 Å². The van der Waals surface area contributed by atoms with Gasteiger partial charge >= 0.3 is 31.3 Å². The summed E-state index contributed by atoms with van der Waals surface area (Å²) in [6, 6.07) is 0. The number of hydrogen-bond donors (Lipinski definition) is 1. The monoisotopic (exact) mass is 119 g/mol. The Kier molecular flexibility index (Phi) is 3.17. The Balaban J connectivity index is 2.73. The predicted molar refractivity (Wildman–Crippen MR) is 21.5 cm³/mol. The van der Waals surface area contributed by atoms with Gasteiger partial charge in [0.25, 0.3) is 0 Å². The van der Waals surface area contributed by atoms with Gasteiger partial charge in [0.15, 0.2) is 0 Å². The van der Waals surface area contributed by atoms with E-state index in [9.17, 15) is 0 Å². The number of rotatable bonds is 1. The van der Waals surface area contributed by atoms with Crippen molar-refractivity contribution < 1.29 is 0 Å². The van der Waals surface area contributed by atoms with Crippen molar-refractivity contribution in [2.24, 2.45) is 0 Å². The summed E-state index contributed by atoms with van der Waals surface area (Å²) in [6.45, 7) is 3.36. The fraction of sp³-hybridized carbons (Fsp3) is 0. The summed E-state index contributed by atoms with van der Waals surface area (Å²) < 4.78 is 6.49. The van der Waals surface area contributed by atoms with E-state index in [0.717, 1.165) is 0 Å². The molecule has 0 aromatic heterocycles. The Morgan fingerprint density at radius 1 is 2.00 bits per heavy atom. The van der Waals surface area contributed by atoms with Crippen LogP contribution in [0.1, 0.15) is 0 Å². The van der Waals surface area contributed by atoms with Crippen LogP contribution in [0.5, 0.6) is 0 Å². The van der Waals surface area contributed by atoms with E-state index in [4.69, 9.17) is 4.28 Å². The molecule has 0 saturated carbocycles. The SMILES string of the molecule is C=C[AsH2]=N. The molecular formula is C2H6AsN. The summed E-state index contributed by atoms with van der Waals surface area (Å²) in [5.41, 5.74) is 0. The minimum absolute atomic E-state index is 0.674. The normalized spacial score (nSPS) is 9.00. The Morgan fingerprint density at radius 3 is 2.25 bits per heavy atom. The van der Waals surface area contributed by atoms with Gasteiger partial charge in [-0.1, -0.05) is 0 Å². The van der Waals surface area contributed by atoms with Crippen molar-refractivity contribution in [1.82, 2.24) is 0 Å². The molecule has 0 rings (SSSR count). The molecule has 2 heteroatoms. The molecule has 0 saturated heterocycles. The zero-order valence-corrected chi connectivity index (χ0v) is 4.78. The number of hydrogen-bond acceptors (Lipinski definition) is 1. The molecule has 1 atom stereocenters. The van der Waals surface area contributed by atoms with E-state index in [2.05, 4.69) is 6.58 Å². The van der Waals surface area contributed by atoms with E-state index in [1.807, 2.05) is 0 Å². The Morgan fingerprint density at radius 2 is 2.25 bits per heavy atom. The first-order valence-electron chi connectivity index (χ1n) is 1.03. The Labute approximate surface area is 32.0 Å². The van der Waals surface area contributed by atoms with Crippen molar-refractivity contribution >= 4 is 15.6 Å². The van der Waals surface area contributed by atoms with E-state index in [-0.39, 0.29) is 0 Å². The molecule has 0 aromatic carbocycles. The molecule has 1 unspecified atom stereocenters. The van der Waals surface area contributed by atoms with Gasteiger partial charge in [-0.25, -0.2) is 0 Å². The molecule has 0 aliphatic carbocycles. The molecule has 4 heavy (non-hydrogen) atoms. The van der Waals surface area contributed by atoms with E-state index in [1.54, 1.807) is 4.86 Å². The van der Waals surface area contributed by atoms with Crippen LogP contribution >= 0.6 is 0 Å². The van der Waals surface area contributed by atoms with Gasteiger partial charge in [0.2, 0.25) is 0 Å². The predicted octanol–water partition coefficient (Wildman–Crippen LogP) is 0.0611. The Hall–Kier alpha value is 0.0984.